The van der Waals surface area contributed by atoms with Crippen LogP contribution in [0.4, 0.5) is 0 Å². The highest BCUT2D eigenvalue weighted by Gasteiger charge is 2.24. The second-order valence-corrected chi connectivity index (χ2v) is 5.46. The lowest BCUT2D eigenvalue weighted by atomic mass is 10.2. The van der Waals surface area contributed by atoms with Crippen LogP contribution in [-0.4, -0.2) is 79.6 Å². The first-order chi connectivity index (χ1) is 10.2. The highest BCUT2D eigenvalue weighted by Crippen LogP contribution is 2.12. The molecule has 1 aliphatic heterocycles. The Bertz CT molecular complexity index is 413. The van der Waals surface area contributed by atoms with Gasteiger partial charge in [0, 0.05) is 52.9 Å². The maximum Gasteiger partial charge on any atom is 0.240 e. The van der Waals surface area contributed by atoms with Gasteiger partial charge in [-0.15, -0.1) is 0 Å². The molecule has 0 saturated carbocycles. The molecule has 2 heterocycles. The lowest BCUT2D eigenvalue weighted by Crippen LogP contribution is -2.52. The molecule has 1 aromatic rings. The first-order valence-corrected chi connectivity index (χ1v) is 7.48. The first kappa shape index (κ1) is 16.4. The van der Waals surface area contributed by atoms with Crippen LogP contribution in [0.1, 0.15) is 18.6 Å². The van der Waals surface area contributed by atoms with Crippen molar-refractivity contribution in [2.45, 2.75) is 25.9 Å². The molecule has 1 aromatic heterocycles. The molecule has 21 heavy (non-hydrogen) atoms. The van der Waals surface area contributed by atoms with Crippen LogP contribution in [0, 0.1) is 0 Å². The summed E-state index contributed by atoms with van der Waals surface area (Å²) in [6.45, 7) is 8.46. The maximum atomic E-state index is 5.30. The minimum Gasteiger partial charge on any atom is -0.384 e. The number of hydrogen-bond acceptors (Lipinski definition) is 7. The molecule has 0 spiro atoms. The van der Waals surface area contributed by atoms with E-state index in [0.717, 1.165) is 45.2 Å². The van der Waals surface area contributed by atoms with Crippen molar-refractivity contribution in [2.75, 3.05) is 53.6 Å². The summed E-state index contributed by atoms with van der Waals surface area (Å²) in [7, 11) is 3.42. The van der Waals surface area contributed by atoms with E-state index in [9.17, 15) is 0 Å². The summed E-state index contributed by atoms with van der Waals surface area (Å²) in [5, 5.41) is 3.97. The monoisotopic (exact) mass is 298 g/mol. The van der Waals surface area contributed by atoms with E-state index < -0.39 is 0 Å². The van der Waals surface area contributed by atoms with Gasteiger partial charge in [0.1, 0.15) is 0 Å². The minimum absolute atomic E-state index is 0.518. The first-order valence-electron chi connectivity index (χ1n) is 7.48. The van der Waals surface area contributed by atoms with Crippen molar-refractivity contribution in [1.82, 2.24) is 19.9 Å². The third kappa shape index (κ3) is 5.03. The van der Waals surface area contributed by atoms with E-state index in [0.29, 0.717) is 25.0 Å². The van der Waals surface area contributed by atoms with Gasteiger partial charge in [0.25, 0.3) is 0 Å². The van der Waals surface area contributed by atoms with Crippen molar-refractivity contribution in [2.24, 2.45) is 0 Å². The number of rotatable bonds is 8. The van der Waals surface area contributed by atoms with Gasteiger partial charge >= 0.3 is 0 Å². The molecule has 1 atom stereocenters. The molecular formula is C14H26N4O3. The highest BCUT2D eigenvalue weighted by atomic mass is 16.5. The predicted molar refractivity (Wildman–Crippen MR) is 78.1 cm³/mol. The van der Waals surface area contributed by atoms with E-state index in [-0.39, 0.29) is 0 Å². The van der Waals surface area contributed by atoms with Gasteiger partial charge in [-0.3, -0.25) is 9.80 Å². The van der Waals surface area contributed by atoms with Gasteiger partial charge in [-0.25, -0.2) is 0 Å². The van der Waals surface area contributed by atoms with Gasteiger partial charge < -0.3 is 14.0 Å². The van der Waals surface area contributed by atoms with Gasteiger partial charge in [-0.05, 0) is 6.92 Å². The molecule has 7 nitrogen and oxygen atoms in total. The quantitative estimate of drug-likeness (QED) is 0.689. The molecule has 120 valence electrons. The largest absolute Gasteiger partial charge is 0.384 e. The average Bonchev–Trinajstić information content (AvgIpc) is 2.92. The third-order valence-corrected chi connectivity index (χ3v) is 3.83. The van der Waals surface area contributed by atoms with Crippen LogP contribution in [0.3, 0.4) is 0 Å². The van der Waals surface area contributed by atoms with Crippen LogP contribution in [0.2, 0.25) is 0 Å². The summed E-state index contributed by atoms with van der Waals surface area (Å²) in [4.78, 5) is 9.22. The minimum atomic E-state index is 0.518. The predicted octanol–water partition coefficient (Wildman–Crippen LogP) is 0.411. The van der Waals surface area contributed by atoms with Crippen LogP contribution < -0.4 is 0 Å². The second-order valence-electron chi connectivity index (χ2n) is 5.46. The van der Waals surface area contributed by atoms with Gasteiger partial charge in [0.2, 0.25) is 5.89 Å². The Balaban J connectivity index is 1.78. The topological polar surface area (TPSA) is 63.9 Å². The number of ether oxygens (including phenoxy) is 2. The fourth-order valence-corrected chi connectivity index (χ4v) is 2.60. The Kier molecular flexibility index (Phi) is 6.56. The number of nitrogens with zero attached hydrogens (tertiary/aromatic N) is 4. The molecule has 7 heteroatoms. The van der Waals surface area contributed by atoms with Gasteiger partial charge in [0.05, 0.1) is 19.8 Å². The van der Waals surface area contributed by atoms with E-state index in [1.807, 2.05) is 0 Å². The second kappa shape index (κ2) is 8.43. The van der Waals surface area contributed by atoms with Crippen LogP contribution in [0.15, 0.2) is 4.52 Å². The van der Waals surface area contributed by atoms with E-state index in [4.69, 9.17) is 14.0 Å². The van der Waals surface area contributed by atoms with E-state index in [1.54, 1.807) is 14.2 Å². The van der Waals surface area contributed by atoms with Crippen molar-refractivity contribution in [3.63, 3.8) is 0 Å². The molecule has 1 fully saturated rings. The smallest absolute Gasteiger partial charge is 0.240 e. The van der Waals surface area contributed by atoms with E-state index >= 15 is 0 Å². The fraction of sp³-hybridized carbons (Fsp3) is 0.857. The summed E-state index contributed by atoms with van der Waals surface area (Å²) in [6.07, 6.45) is 0.696. The van der Waals surface area contributed by atoms with Crippen molar-refractivity contribution < 1.29 is 14.0 Å². The van der Waals surface area contributed by atoms with Crippen molar-refractivity contribution in [3.8, 4) is 0 Å². The van der Waals surface area contributed by atoms with Crippen LogP contribution in [-0.2, 0) is 22.4 Å². The molecule has 2 rings (SSSR count). The zero-order valence-electron chi connectivity index (χ0n) is 13.2. The average molecular weight is 298 g/mol. The zero-order chi connectivity index (χ0) is 15.1. The third-order valence-electron chi connectivity index (χ3n) is 3.83. The highest BCUT2D eigenvalue weighted by molar-refractivity contribution is 4.88. The van der Waals surface area contributed by atoms with Crippen LogP contribution in [0.25, 0.3) is 0 Å². The van der Waals surface area contributed by atoms with Crippen molar-refractivity contribution in [1.29, 1.82) is 0 Å². The Morgan fingerprint density at radius 1 is 1.24 bits per heavy atom. The standard InChI is InChI=1S/C14H26N4O3/c1-12-10-17(5-6-18(12)7-9-20-3)11-14-15-13(16-21-14)4-8-19-2/h12H,4-11H2,1-3H3. The molecule has 1 aliphatic rings. The molecule has 0 N–H and O–H groups in total. The molecule has 0 radical (unpaired) electrons. The molecule has 0 bridgehead atoms. The summed E-state index contributed by atoms with van der Waals surface area (Å²) < 4.78 is 15.5. The van der Waals surface area contributed by atoms with E-state index in [1.165, 1.54) is 0 Å². The number of piperazine rings is 1. The number of hydrogen-bond donors (Lipinski definition) is 0. The SMILES string of the molecule is COCCc1noc(CN2CCN(CCOC)C(C)C2)n1. The zero-order valence-corrected chi connectivity index (χ0v) is 13.2. The van der Waals surface area contributed by atoms with Gasteiger partial charge in [0.15, 0.2) is 5.82 Å². The van der Waals surface area contributed by atoms with Crippen LogP contribution >= 0.6 is 0 Å². The normalized spacial score (nSPS) is 21.0. The summed E-state index contributed by atoms with van der Waals surface area (Å²) in [5.41, 5.74) is 0. The summed E-state index contributed by atoms with van der Waals surface area (Å²) in [5.74, 6) is 1.41. The number of aromatic nitrogens is 2. The molecular weight excluding hydrogens is 272 g/mol. The Hall–Kier alpha value is -1.02. The maximum absolute atomic E-state index is 5.30. The molecule has 0 aliphatic carbocycles. The summed E-state index contributed by atoms with van der Waals surface area (Å²) in [6, 6.07) is 0.518. The Labute approximate surface area is 126 Å². The Morgan fingerprint density at radius 3 is 2.76 bits per heavy atom. The molecule has 1 unspecified atom stereocenters. The van der Waals surface area contributed by atoms with Gasteiger partial charge in [-0.2, -0.15) is 4.98 Å². The molecule has 1 saturated heterocycles. The molecule has 0 amide bonds. The van der Waals surface area contributed by atoms with Crippen molar-refractivity contribution >= 4 is 0 Å². The van der Waals surface area contributed by atoms with Crippen LogP contribution in [0.5, 0.6) is 0 Å². The lowest BCUT2D eigenvalue weighted by molar-refractivity contribution is 0.0512. The fourth-order valence-electron chi connectivity index (χ4n) is 2.60. The van der Waals surface area contributed by atoms with E-state index in [2.05, 4.69) is 26.9 Å². The molecule has 0 aromatic carbocycles. The summed E-state index contributed by atoms with van der Waals surface area (Å²) >= 11 is 0. The number of methoxy groups -OCH3 is 2. The van der Waals surface area contributed by atoms with Gasteiger partial charge in [-0.1, -0.05) is 5.16 Å². The Morgan fingerprint density at radius 2 is 2.05 bits per heavy atom. The lowest BCUT2D eigenvalue weighted by Gasteiger charge is -2.39. The van der Waals surface area contributed by atoms with Crippen molar-refractivity contribution in [3.05, 3.63) is 11.7 Å².